The maximum Gasteiger partial charge on any atom is 0.257 e. The molecule has 2 aromatic carbocycles. The van der Waals surface area contributed by atoms with E-state index in [1.165, 1.54) is 18.2 Å². The molecule has 1 fully saturated rings. The fourth-order valence-electron chi connectivity index (χ4n) is 3.07. The van der Waals surface area contributed by atoms with Crippen LogP contribution in [-0.2, 0) is 10.0 Å². The minimum Gasteiger partial charge on any atom is -0.322 e. The number of anilines is 1. The van der Waals surface area contributed by atoms with Crippen molar-refractivity contribution in [3.63, 3.8) is 0 Å². The normalized spacial score (nSPS) is 15.6. The summed E-state index contributed by atoms with van der Waals surface area (Å²) in [6, 6.07) is 13.1. The van der Waals surface area contributed by atoms with Gasteiger partial charge in [-0.3, -0.25) is 4.79 Å². The van der Waals surface area contributed by atoms with Crippen LogP contribution in [0.25, 0.3) is 0 Å². The topological polar surface area (TPSA) is 75.3 Å². The van der Waals surface area contributed by atoms with Gasteiger partial charge in [0.15, 0.2) is 0 Å². The lowest BCUT2D eigenvalue weighted by Crippen LogP contribution is -2.36. The number of halogens is 1. The Morgan fingerprint density at radius 3 is 2.38 bits per heavy atom. The van der Waals surface area contributed by atoms with Crippen LogP contribution in [-0.4, -0.2) is 20.4 Å². The van der Waals surface area contributed by atoms with Crippen LogP contribution in [0.5, 0.6) is 0 Å². The maximum absolute atomic E-state index is 12.7. The van der Waals surface area contributed by atoms with Gasteiger partial charge in [0, 0.05) is 11.7 Å². The van der Waals surface area contributed by atoms with Crippen molar-refractivity contribution < 1.29 is 13.2 Å². The van der Waals surface area contributed by atoms with Gasteiger partial charge in [-0.1, -0.05) is 49.1 Å². The van der Waals surface area contributed by atoms with Crippen LogP contribution in [0.2, 0.25) is 5.02 Å². The quantitative estimate of drug-likeness (QED) is 0.800. The highest BCUT2D eigenvalue weighted by Crippen LogP contribution is 2.24. The molecule has 0 radical (unpaired) electrons. The zero-order valence-corrected chi connectivity index (χ0v) is 15.8. The molecule has 0 atom stereocenters. The highest BCUT2D eigenvalue weighted by molar-refractivity contribution is 7.89. The number of hydrogen-bond acceptors (Lipinski definition) is 3. The van der Waals surface area contributed by atoms with E-state index in [2.05, 4.69) is 10.0 Å². The van der Waals surface area contributed by atoms with Gasteiger partial charge >= 0.3 is 0 Å². The van der Waals surface area contributed by atoms with Crippen molar-refractivity contribution in [1.29, 1.82) is 0 Å². The van der Waals surface area contributed by atoms with Crippen LogP contribution in [0, 0.1) is 0 Å². The van der Waals surface area contributed by atoms with Gasteiger partial charge in [-0.2, -0.15) is 0 Å². The van der Waals surface area contributed by atoms with Crippen LogP contribution >= 0.6 is 11.6 Å². The summed E-state index contributed by atoms with van der Waals surface area (Å²) in [5.74, 6) is -0.448. The molecule has 5 nitrogen and oxygen atoms in total. The molecule has 1 saturated carbocycles. The van der Waals surface area contributed by atoms with E-state index in [0.29, 0.717) is 5.69 Å². The zero-order chi connectivity index (χ0) is 18.6. The van der Waals surface area contributed by atoms with Crippen molar-refractivity contribution in [3.05, 3.63) is 59.1 Å². The zero-order valence-electron chi connectivity index (χ0n) is 14.2. The van der Waals surface area contributed by atoms with E-state index in [1.54, 1.807) is 24.3 Å². The Labute approximate surface area is 158 Å². The summed E-state index contributed by atoms with van der Waals surface area (Å²) in [5, 5.41) is 2.92. The van der Waals surface area contributed by atoms with Gasteiger partial charge in [0.2, 0.25) is 10.0 Å². The monoisotopic (exact) mass is 392 g/mol. The number of benzene rings is 2. The minimum absolute atomic E-state index is 0.0469. The van der Waals surface area contributed by atoms with Crippen molar-refractivity contribution in [2.45, 2.75) is 43.0 Å². The number of sulfonamides is 1. The van der Waals surface area contributed by atoms with Gasteiger partial charge in [-0.25, -0.2) is 13.1 Å². The third-order valence-electron chi connectivity index (χ3n) is 4.45. The lowest BCUT2D eigenvalue weighted by Gasteiger charge is -2.22. The predicted molar refractivity (Wildman–Crippen MR) is 103 cm³/mol. The molecule has 0 saturated heterocycles. The summed E-state index contributed by atoms with van der Waals surface area (Å²) in [5.41, 5.74) is 0.740. The Morgan fingerprint density at radius 2 is 1.69 bits per heavy atom. The Bertz CT molecular complexity index is 879. The Morgan fingerprint density at radius 1 is 1.00 bits per heavy atom. The largest absolute Gasteiger partial charge is 0.322 e. The molecule has 138 valence electrons. The predicted octanol–water partition coefficient (Wildman–Crippen LogP) is 4.20. The van der Waals surface area contributed by atoms with Crippen LogP contribution in [0.3, 0.4) is 0 Å². The summed E-state index contributed by atoms with van der Waals surface area (Å²) in [7, 11) is -3.69. The molecule has 2 N–H and O–H groups in total. The molecule has 0 unspecified atom stereocenters. The second-order valence-corrected chi connectivity index (χ2v) is 8.54. The first-order chi connectivity index (χ1) is 12.5. The number of carbonyl (C=O) groups excluding carboxylic acids is 1. The number of carbonyl (C=O) groups is 1. The van der Waals surface area contributed by atoms with Crippen molar-refractivity contribution >= 4 is 33.2 Å². The van der Waals surface area contributed by atoms with Crippen molar-refractivity contribution in [1.82, 2.24) is 4.72 Å². The van der Waals surface area contributed by atoms with Crippen molar-refractivity contribution in [3.8, 4) is 0 Å². The lowest BCUT2D eigenvalue weighted by atomic mass is 9.96. The Hall–Kier alpha value is -1.89. The second kappa shape index (κ2) is 8.20. The number of nitrogens with one attached hydrogen (secondary N) is 2. The molecule has 7 heteroatoms. The van der Waals surface area contributed by atoms with E-state index < -0.39 is 15.9 Å². The lowest BCUT2D eigenvalue weighted by molar-refractivity contribution is 0.102. The minimum atomic E-state index is -3.69. The second-order valence-electron chi connectivity index (χ2n) is 6.42. The Balaban J connectivity index is 1.81. The average Bonchev–Trinajstić information content (AvgIpc) is 2.63. The van der Waals surface area contributed by atoms with Crippen LogP contribution < -0.4 is 10.0 Å². The van der Waals surface area contributed by atoms with E-state index in [9.17, 15) is 13.2 Å². The van der Waals surface area contributed by atoms with Crippen LogP contribution in [0.4, 0.5) is 5.69 Å². The average molecular weight is 393 g/mol. The molecule has 1 aliphatic rings. The summed E-state index contributed by atoms with van der Waals surface area (Å²) in [6.07, 6.45) is 4.88. The fourth-order valence-corrected chi connectivity index (χ4v) is 4.61. The highest BCUT2D eigenvalue weighted by Gasteiger charge is 2.23. The van der Waals surface area contributed by atoms with E-state index in [4.69, 9.17) is 11.6 Å². The molecule has 2 aromatic rings. The first-order valence-corrected chi connectivity index (χ1v) is 10.5. The fraction of sp³-hybridized carbons (Fsp3) is 0.316. The molecule has 1 amide bonds. The molecule has 0 spiro atoms. The van der Waals surface area contributed by atoms with E-state index in [0.717, 1.165) is 32.1 Å². The van der Waals surface area contributed by atoms with Crippen molar-refractivity contribution in [2.24, 2.45) is 0 Å². The van der Waals surface area contributed by atoms with Gasteiger partial charge < -0.3 is 5.32 Å². The first-order valence-electron chi connectivity index (χ1n) is 8.64. The van der Waals surface area contributed by atoms with Gasteiger partial charge in [-0.15, -0.1) is 0 Å². The summed E-state index contributed by atoms with van der Waals surface area (Å²) >= 11 is 6.12. The molecule has 0 aromatic heterocycles. The molecule has 0 heterocycles. The van der Waals surface area contributed by atoms with Gasteiger partial charge in [-0.05, 0) is 43.2 Å². The molecule has 0 bridgehead atoms. The Kier molecular flexibility index (Phi) is 5.96. The first kappa shape index (κ1) is 18.9. The third-order valence-corrected chi connectivity index (χ3v) is 6.30. The van der Waals surface area contributed by atoms with Crippen molar-refractivity contribution in [2.75, 3.05) is 5.32 Å². The summed E-state index contributed by atoms with van der Waals surface area (Å²) in [6.45, 7) is 0. The number of amides is 1. The maximum atomic E-state index is 12.7. The van der Waals surface area contributed by atoms with Gasteiger partial charge in [0.25, 0.3) is 5.91 Å². The molecule has 3 rings (SSSR count). The smallest absolute Gasteiger partial charge is 0.257 e. The number of rotatable bonds is 5. The summed E-state index contributed by atoms with van der Waals surface area (Å²) in [4.78, 5) is 12.5. The number of hydrogen-bond donors (Lipinski definition) is 2. The summed E-state index contributed by atoms with van der Waals surface area (Å²) < 4.78 is 28.1. The molecular formula is C19H21ClN2O3S. The van der Waals surface area contributed by atoms with Crippen LogP contribution in [0.15, 0.2) is 53.4 Å². The standard InChI is InChI=1S/C19H21ClN2O3S/c20-18-12-11-16(26(24,25)22-15-9-5-2-6-10-15)13-17(18)19(23)21-14-7-3-1-4-8-14/h1,3-4,7-8,11-13,15,22H,2,5-6,9-10H2,(H,21,23). The molecule has 26 heavy (non-hydrogen) atoms. The van der Waals surface area contributed by atoms with E-state index in [1.807, 2.05) is 6.07 Å². The van der Waals surface area contributed by atoms with E-state index in [-0.39, 0.29) is 21.5 Å². The SMILES string of the molecule is O=C(Nc1ccccc1)c1cc(S(=O)(=O)NC2CCCCC2)ccc1Cl. The third kappa shape index (κ3) is 4.63. The van der Waals surface area contributed by atoms with Crippen LogP contribution in [0.1, 0.15) is 42.5 Å². The number of para-hydroxylation sites is 1. The van der Waals surface area contributed by atoms with Gasteiger partial charge in [0.05, 0.1) is 15.5 Å². The highest BCUT2D eigenvalue weighted by atomic mass is 35.5. The van der Waals surface area contributed by atoms with Gasteiger partial charge in [0.1, 0.15) is 0 Å². The van der Waals surface area contributed by atoms with E-state index >= 15 is 0 Å². The molecular weight excluding hydrogens is 372 g/mol. The molecule has 1 aliphatic carbocycles. The molecule has 0 aliphatic heterocycles.